The van der Waals surface area contributed by atoms with Crippen molar-refractivity contribution in [3.63, 3.8) is 0 Å². The molecule has 0 fully saturated rings. The molecule has 0 saturated heterocycles. The number of nitrogens with zero attached hydrogens (tertiary/aromatic N) is 2. The summed E-state index contributed by atoms with van der Waals surface area (Å²) >= 11 is 0. The highest BCUT2D eigenvalue weighted by molar-refractivity contribution is 5.93. The molecule has 0 aliphatic rings. The van der Waals surface area contributed by atoms with Crippen LogP contribution < -0.4 is 5.32 Å². The summed E-state index contributed by atoms with van der Waals surface area (Å²) in [5.74, 6) is 1.09. The van der Waals surface area contributed by atoms with E-state index in [1.54, 1.807) is 18.5 Å². The number of hydrogen-bond acceptors (Lipinski definition) is 3. The van der Waals surface area contributed by atoms with Gasteiger partial charge < -0.3 is 10.3 Å². The van der Waals surface area contributed by atoms with Crippen LogP contribution >= 0.6 is 0 Å². The zero-order chi connectivity index (χ0) is 13.8. The fourth-order valence-corrected chi connectivity index (χ4v) is 1.82. The van der Waals surface area contributed by atoms with Crippen LogP contribution in [-0.2, 0) is 6.54 Å². The van der Waals surface area contributed by atoms with Crippen molar-refractivity contribution in [1.29, 1.82) is 0 Å². The van der Waals surface area contributed by atoms with Crippen molar-refractivity contribution in [2.24, 2.45) is 0 Å². The predicted molar refractivity (Wildman–Crippen MR) is 73.8 cm³/mol. The molecule has 1 aromatic carbocycles. The second-order valence-corrected chi connectivity index (χ2v) is 4.25. The molecule has 20 heavy (non-hydrogen) atoms. The van der Waals surface area contributed by atoms with Gasteiger partial charge in [-0.1, -0.05) is 30.3 Å². The van der Waals surface area contributed by atoms with Crippen molar-refractivity contribution in [3.05, 3.63) is 60.2 Å². The normalized spacial score (nSPS) is 10.4. The van der Waals surface area contributed by atoms with E-state index in [0.29, 0.717) is 23.8 Å². The standard InChI is InChI=1S/C14H13N5O/c20-14(11-6-7-15-8-11)16-9-12-17-13(19-18-12)10-4-2-1-3-5-10/h1-8,15H,9H2,(H,16,20)(H,17,18,19). The summed E-state index contributed by atoms with van der Waals surface area (Å²) in [5, 5.41) is 9.73. The smallest absolute Gasteiger partial charge is 0.253 e. The Labute approximate surface area is 115 Å². The topological polar surface area (TPSA) is 86.5 Å². The Hall–Kier alpha value is -2.89. The first-order valence-corrected chi connectivity index (χ1v) is 6.20. The van der Waals surface area contributed by atoms with Gasteiger partial charge in [0.15, 0.2) is 5.82 Å². The van der Waals surface area contributed by atoms with E-state index in [2.05, 4.69) is 25.5 Å². The van der Waals surface area contributed by atoms with Gasteiger partial charge >= 0.3 is 0 Å². The largest absolute Gasteiger partial charge is 0.367 e. The minimum absolute atomic E-state index is 0.149. The van der Waals surface area contributed by atoms with Gasteiger partial charge in [-0.3, -0.25) is 9.89 Å². The number of amides is 1. The second kappa shape index (κ2) is 5.40. The second-order valence-electron chi connectivity index (χ2n) is 4.25. The van der Waals surface area contributed by atoms with Crippen LogP contribution in [0.15, 0.2) is 48.8 Å². The van der Waals surface area contributed by atoms with Crippen molar-refractivity contribution >= 4 is 5.91 Å². The minimum atomic E-state index is -0.149. The lowest BCUT2D eigenvalue weighted by atomic mass is 10.2. The molecule has 0 spiro atoms. The summed E-state index contributed by atoms with van der Waals surface area (Å²) < 4.78 is 0. The number of carbonyl (C=O) groups excluding carboxylic acids is 1. The van der Waals surface area contributed by atoms with Crippen molar-refractivity contribution in [2.75, 3.05) is 0 Å². The van der Waals surface area contributed by atoms with Crippen LogP contribution in [0.5, 0.6) is 0 Å². The summed E-state index contributed by atoms with van der Waals surface area (Å²) in [7, 11) is 0. The van der Waals surface area contributed by atoms with Crippen LogP contribution in [0.2, 0.25) is 0 Å². The van der Waals surface area contributed by atoms with Crippen molar-refractivity contribution in [1.82, 2.24) is 25.5 Å². The van der Waals surface area contributed by atoms with E-state index in [1.807, 2.05) is 30.3 Å². The van der Waals surface area contributed by atoms with Gasteiger partial charge in [-0.05, 0) is 6.07 Å². The zero-order valence-electron chi connectivity index (χ0n) is 10.6. The van der Waals surface area contributed by atoms with Gasteiger partial charge in [0.25, 0.3) is 5.91 Å². The molecule has 0 aliphatic carbocycles. The third-order valence-corrected chi connectivity index (χ3v) is 2.84. The summed E-state index contributed by atoms with van der Waals surface area (Å²) in [6.45, 7) is 0.309. The van der Waals surface area contributed by atoms with Crippen LogP contribution in [0.1, 0.15) is 16.2 Å². The number of carbonyl (C=O) groups is 1. The Morgan fingerprint density at radius 3 is 2.80 bits per heavy atom. The van der Waals surface area contributed by atoms with Crippen LogP contribution in [-0.4, -0.2) is 26.1 Å². The maximum Gasteiger partial charge on any atom is 0.253 e. The number of benzene rings is 1. The molecule has 2 heterocycles. The van der Waals surface area contributed by atoms with Crippen molar-refractivity contribution in [3.8, 4) is 11.4 Å². The zero-order valence-corrected chi connectivity index (χ0v) is 10.6. The molecule has 3 rings (SSSR count). The average Bonchev–Trinajstić information content (AvgIpc) is 3.17. The third kappa shape index (κ3) is 2.59. The van der Waals surface area contributed by atoms with E-state index >= 15 is 0 Å². The monoisotopic (exact) mass is 267 g/mol. The van der Waals surface area contributed by atoms with Crippen LogP contribution in [0.25, 0.3) is 11.4 Å². The van der Waals surface area contributed by atoms with E-state index < -0.39 is 0 Å². The molecule has 0 unspecified atom stereocenters. The van der Waals surface area contributed by atoms with Crippen molar-refractivity contribution in [2.45, 2.75) is 6.54 Å². The van der Waals surface area contributed by atoms with Gasteiger partial charge in [0.1, 0.15) is 5.82 Å². The maximum atomic E-state index is 11.8. The molecular formula is C14H13N5O. The molecule has 0 radical (unpaired) electrons. The number of rotatable bonds is 4. The van der Waals surface area contributed by atoms with E-state index in [-0.39, 0.29) is 5.91 Å². The fourth-order valence-electron chi connectivity index (χ4n) is 1.82. The lowest BCUT2D eigenvalue weighted by molar-refractivity contribution is 0.0950. The molecule has 6 nitrogen and oxygen atoms in total. The highest BCUT2D eigenvalue weighted by Gasteiger charge is 2.08. The SMILES string of the molecule is O=C(NCc1nc(-c2ccccc2)n[nH]1)c1cc[nH]c1. The van der Waals surface area contributed by atoms with Crippen molar-refractivity contribution < 1.29 is 4.79 Å². The highest BCUT2D eigenvalue weighted by Crippen LogP contribution is 2.13. The van der Waals surface area contributed by atoms with Gasteiger partial charge in [-0.2, -0.15) is 5.10 Å². The minimum Gasteiger partial charge on any atom is -0.367 e. The predicted octanol–water partition coefficient (Wildman–Crippen LogP) is 1.73. The number of hydrogen-bond donors (Lipinski definition) is 3. The molecule has 100 valence electrons. The number of nitrogens with one attached hydrogen (secondary N) is 3. The molecule has 6 heteroatoms. The Balaban J connectivity index is 1.65. The van der Waals surface area contributed by atoms with Crippen LogP contribution in [0.4, 0.5) is 0 Å². The molecule has 0 aliphatic heterocycles. The Kier molecular flexibility index (Phi) is 3.28. The quantitative estimate of drug-likeness (QED) is 0.672. The molecule has 0 atom stereocenters. The third-order valence-electron chi connectivity index (χ3n) is 2.84. The fraction of sp³-hybridized carbons (Fsp3) is 0.0714. The van der Waals surface area contributed by atoms with Gasteiger partial charge in [0, 0.05) is 18.0 Å². The van der Waals surface area contributed by atoms with Gasteiger partial charge in [0.05, 0.1) is 12.1 Å². The molecule has 1 amide bonds. The van der Waals surface area contributed by atoms with E-state index in [4.69, 9.17) is 0 Å². The average molecular weight is 267 g/mol. The lowest BCUT2D eigenvalue weighted by Crippen LogP contribution is -2.22. The Morgan fingerprint density at radius 1 is 1.20 bits per heavy atom. The van der Waals surface area contributed by atoms with E-state index in [9.17, 15) is 4.79 Å². The highest BCUT2D eigenvalue weighted by atomic mass is 16.1. The van der Waals surface area contributed by atoms with Gasteiger partial charge in [0.2, 0.25) is 0 Å². The Morgan fingerprint density at radius 2 is 2.05 bits per heavy atom. The number of H-pyrrole nitrogens is 2. The molecule has 0 saturated carbocycles. The number of aromatic amines is 2. The first-order chi connectivity index (χ1) is 9.83. The summed E-state index contributed by atoms with van der Waals surface area (Å²) in [6, 6.07) is 11.4. The van der Waals surface area contributed by atoms with Crippen LogP contribution in [0.3, 0.4) is 0 Å². The van der Waals surface area contributed by atoms with Crippen LogP contribution in [0, 0.1) is 0 Å². The first kappa shape index (κ1) is 12.2. The van der Waals surface area contributed by atoms with E-state index in [0.717, 1.165) is 5.56 Å². The molecular weight excluding hydrogens is 254 g/mol. The lowest BCUT2D eigenvalue weighted by Gasteiger charge is -1.99. The maximum absolute atomic E-state index is 11.8. The Bertz CT molecular complexity index is 687. The molecule has 2 aromatic heterocycles. The molecule has 3 aromatic rings. The van der Waals surface area contributed by atoms with Gasteiger partial charge in [-0.25, -0.2) is 4.98 Å². The summed E-state index contributed by atoms with van der Waals surface area (Å²) in [5.41, 5.74) is 1.53. The van der Waals surface area contributed by atoms with E-state index in [1.165, 1.54) is 0 Å². The molecule has 3 N–H and O–H groups in total. The summed E-state index contributed by atoms with van der Waals surface area (Å²) in [4.78, 5) is 18.9. The number of aromatic nitrogens is 4. The first-order valence-electron chi connectivity index (χ1n) is 6.20. The summed E-state index contributed by atoms with van der Waals surface area (Å²) in [6.07, 6.45) is 3.35. The van der Waals surface area contributed by atoms with Gasteiger partial charge in [-0.15, -0.1) is 0 Å². The molecule has 0 bridgehead atoms.